The van der Waals surface area contributed by atoms with E-state index < -0.39 is 0 Å². The molecule has 0 spiro atoms. The van der Waals surface area contributed by atoms with E-state index in [4.69, 9.17) is 0 Å². The van der Waals surface area contributed by atoms with Crippen LogP contribution in [0, 0.1) is 6.92 Å². The smallest absolute Gasteiger partial charge is 0.230 e. The molecule has 0 bridgehead atoms. The first-order valence-electron chi connectivity index (χ1n) is 7.46. The molecule has 1 fully saturated rings. The number of nitrogens with zero attached hydrogens (tertiary/aromatic N) is 2. The first-order chi connectivity index (χ1) is 10.1. The van der Waals surface area contributed by atoms with Gasteiger partial charge in [-0.2, -0.15) is 5.10 Å². The average Bonchev–Trinajstić information content (AvgIpc) is 3.12. The van der Waals surface area contributed by atoms with Crippen molar-refractivity contribution in [3.8, 4) is 0 Å². The second kappa shape index (κ2) is 5.35. The Morgan fingerprint density at radius 2 is 2.24 bits per heavy atom. The van der Waals surface area contributed by atoms with Crippen LogP contribution in [0.2, 0.25) is 0 Å². The molecule has 0 radical (unpaired) electrons. The number of aromatic nitrogens is 2. The summed E-state index contributed by atoms with van der Waals surface area (Å²) in [5.74, 6) is 0.146. The van der Waals surface area contributed by atoms with Gasteiger partial charge in [0.05, 0.1) is 12.0 Å². The Hall–Kier alpha value is -2.10. The van der Waals surface area contributed by atoms with Gasteiger partial charge >= 0.3 is 0 Å². The molecule has 1 heterocycles. The zero-order valence-corrected chi connectivity index (χ0v) is 12.5. The molecule has 1 aromatic heterocycles. The lowest BCUT2D eigenvalue weighted by atomic mass is 9.93. The average molecular weight is 283 g/mol. The summed E-state index contributed by atoms with van der Waals surface area (Å²) in [6, 6.07) is 10.3. The molecule has 2 aromatic rings. The highest BCUT2D eigenvalue weighted by Gasteiger charge is 2.51. The Kier molecular flexibility index (Phi) is 3.53. The van der Waals surface area contributed by atoms with Gasteiger partial charge in [0, 0.05) is 18.4 Å². The molecule has 1 amide bonds. The van der Waals surface area contributed by atoms with E-state index in [1.54, 1.807) is 6.20 Å². The predicted molar refractivity (Wildman–Crippen MR) is 81.9 cm³/mol. The number of carbonyl (C=O) groups is 1. The predicted octanol–water partition coefficient (Wildman–Crippen LogP) is 2.43. The van der Waals surface area contributed by atoms with Gasteiger partial charge in [0.15, 0.2) is 0 Å². The summed E-state index contributed by atoms with van der Waals surface area (Å²) < 4.78 is 1.84. The Morgan fingerprint density at radius 3 is 2.86 bits per heavy atom. The highest BCUT2D eigenvalue weighted by molar-refractivity contribution is 5.91. The van der Waals surface area contributed by atoms with Gasteiger partial charge in [0.25, 0.3) is 0 Å². The molecule has 21 heavy (non-hydrogen) atoms. The highest BCUT2D eigenvalue weighted by atomic mass is 16.2. The minimum absolute atomic E-state index is 0.0692. The number of nitrogens with one attached hydrogen (secondary N) is 1. The highest BCUT2D eigenvalue weighted by Crippen LogP contribution is 2.48. The van der Waals surface area contributed by atoms with Crippen LogP contribution in [0.1, 0.15) is 30.9 Å². The number of carbonyl (C=O) groups excluding carboxylic acids is 1. The molecule has 3 rings (SSSR count). The zero-order chi connectivity index (χ0) is 14.9. The van der Waals surface area contributed by atoms with Crippen molar-refractivity contribution in [1.82, 2.24) is 15.1 Å². The molecule has 1 N–H and O–H groups in total. The second-order valence-corrected chi connectivity index (χ2v) is 6.05. The first kappa shape index (κ1) is 13.9. The summed E-state index contributed by atoms with van der Waals surface area (Å²) in [5.41, 5.74) is 2.05. The quantitative estimate of drug-likeness (QED) is 0.916. The van der Waals surface area contributed by atoms with Crippen LogP contribution in [-0.4, -0.2) is 21.7 Å². The monoisotopic (exact) mass is 283 g/mol. The van der Waals surface area contributed by atoms with E-state index in [2.05, 4.69) is 35.5 Å². The SMILES string of the molecule is Cc1cccc(C2(C(=O)N[C@H](C)Cn3cccn3)CC2)c1. The molecule has 110 valence electrons. The maximum absolute atomic E-state index is 12.6. The maximum Gasteiger partial charge on any atom is 0.230 e. The van der Waals surface area contributed by atoms with E-state index >= 15 is 0 Å². The van der Waals surface area contributed by atoms with Gasteiger partial charge in [-0.3, -0.25) is 9.48 Å². The normalized spacial score (nSPS) is 17.2. The van der Waals surface area contributed by atoms with Crippen molar-refractivity contribution in [3.63, 3.8) is 0 Å². The summed E-state index contributed by atoms with van der Waals surface area (Å²) in [5, 5.41) is 7.32. The standard InChI is InChI=1S/C17H21N3O/c1-13-5-3-6-15(11-13)17(7-8-17)16(21)19-14(2)12-20-10-4-9-18-20/h3-6,9-11,14H,7-8,12H2,1-2H3,(H,19,21)/t14-/m1/s1. The van der Waals surface area contributed by atoms with Gasteiger partial charge in [-0.15, -0.1) is 0 Å². The lowest BCUT2D eigenvalue weighted by Crippen LogP contribution is -2.42. The Bertz CT molecular complexity index is 629. The van der Waals surface area contributed by atoms with E-state index in [0.29, 0.717) is 6.54 Å². The van der Waals surface area contributed by atoms with Crippen LogP contribution >= 0.6 is 0 Å². The first-order valence-corrected chi connectivity index (χ1v) is 7.46. The largest absolute Gasteiger partial charge is 0.351 e. The van der Waals surface area contributed by atoms with Gasteiger partial charge in [0.2, 0.25) is 5.91 Å². The molecule has 4 nitrogen and oxygen atoms in total. The van der Waals surface area contributed by atoms with Gasteiger partial charge in [-0.1, -0.05) is 29.8 Å². The fraction of sp³-hybridized carbons (Fsp3) is 0.412. The fourth-order valence-corrected chi connectivity index (χ4v) is 2.81. The van der Waals surface area contributed by atoms with Crippen LogP contribution in [0.3, 0.4) is 0 Å². The number of hydrogen-bond donors (Lipinski definition) is 1. The minimum Gasteiger partial charge on any atom is -0.351 e. The van der Waals surface area contributed by atoms with Crippen molar-refractivity contribution >= 4 is 5.91 Å². The molecule has 1 saturated carbocycles. The Morgan fingerprint density at radius 1 is 1.43 bits per heavy atom. The van der Waals surface area contributed by atoms with Crippen LogP contribution in [0.15, 0.2) is 42.7 Å². The van der Waals surface area contributed by atoms with Gasteiger partial charge < -0.3 is 5.32 Å². The van der Waals surface area contributed by atoms with Crippen LogP contribution < -0.4 is 5.32 Å². The summed E-state index contributed by atoms with van der Waals surface area (Å²) in [6.45, 7) is 4.78. The van der Waals surface area contributed by atoms with E-state index in [-0.39, 0.29) is 17.4 Å². The van der Waals surface area contributed by atoms with Crippen LogP contribution in [0.25, 0.3) is 0 Å². The van der Waals surface area contributed by atoms with Crippen molar-refractivity contribution in [2.24, 2.45) is 0 Å². The van der Waals surface area contributed by atoms with Gasteiger partial charge in [-0.05, 0) is 38.3 Å². The summed E-state index contributed by atoms with van der Waals surface area (Å²) >= 11 is 0. The minimum atomic E-state index is -0.301. The van der Waals surface area contributed by atoms with Gasteiger partial charge in [-0.25, -0.2) is 0 Å². The third-order valence-electron chi connectivity index (χ3n) is 4.15. The van der Waals surface area contributed by atoms with Gasteiger partial charge in [0.1, 0.15) is 0 Å². The fourth-order valence-electron chi connectivity index (χ4n) is 2.81. The number of rotatable bonds is 5. The second-order valence-electron chi connectivity index (χ2n) is 6.05. The molecule has 0 aliphatic heterocycles. The molecular weight excluding hydrogens is 262 g/mol. The molecule has 1 aliphatic carbocycles. The molecular formula is C17H21N3O. The summed E-state index contributed by atoms with van der Waals surface area (Å²) in [7, 11) is 0. The number of hydrogen-bond acceptors (Lipinski definition) is 2. The molecule has 0 saturated heterocycles. The van der Waals surface area contributed by atoms with E-state index in [1.807, 2.05) is 29.9 Å². The third-order valence-corrected chi connectivity index (χ3v) is 4.15. The Labute approximate surface area is 125 Å². The van der Waals surface area contributed by atoms with Crippen LogP contribution in [0.4, 0.5) is 0 Å². The summed E-state index contributed by atoms with van der Waals surface area (Å²) in [6.07, 6.45) is 5.55. The topological polar surface area (TPSA) is 46.9 Å². The lowest BCUT2D eigenvalue weighted by molar-refractivity contribution is -0.124. The van der Waals surface area contributed by atoms with E-state index in [9.17, 15) is 4.79 Å². The number of aryl methyl sites for hydroxylation is 1. The van der Waals surface area contributed by atoms with Crippen molar-refractivity contribution < 1.29 is 4.79 Å². The van der Waals surface area contributed by atoms with E-state index in [0.717, 1.165) is 18.4 Å². The van der Waals surface area contributed by atoms with Crippen LogP contribution in [-0.2, 0) is 16.8 Å². The molecule has 1 atom stereocenters. The molecule has 1 aromatic carbocycles. The molecule has 0 unspecified atom stereocenters. The maximum atomic E-state index is 12.6. The molecule has 4 heteroatoms. The summed E-state index contributed by atoms with van der Waals surface area (Å²) in [4.78, 5) is 12.6. The Balaban J connectivity index is 1.67. The third kappa shape index (κ3) is 2.84. The lowest BCUT2D eigenvalue weighted by Gasteiger charge is -2.20. The van der Waals surface area contributed by atoms with E-state index in [1.165, 1.54) is 5.56 Å². The van der Waals surface area contributed by atoms with Crippen molar-refractivity contribution in [2.75, 3.05) is 0 Å². The van der Waals surface area contributed by atoms with Crippen LogP contribution in [0.5, 0.6) is 0 Å². The zero-order valence-electron chi connectivity index (χ0n) is 12.5. The van der Waals surface area contributed by atoms with Crippen molar-refractivity contribution in [1.29, 1.82) is 0 Å². The van der Waals surface area contributed by atoms with Crippen molar-refractivity contribution in [2.45, 2.75) is 44.7 Å². The number of benzene rings is 1. The number of amides is 1. The molecule has 1 aliphatic rings. The van der Waals surface area contributed by atoms with Crippen molar-refractivity contribution in [3.05, 3.63) is 53.9 Å².